The molecule has 2 amide bonds. The molecule has 3 rings (SSSR count). The van der Waals surface area contributed by atoms with Gasteiger partial charge in [0.2, 0.25) is 0 Å². The molecule has 0 aliphatic carbocycles. The average molecular weight is 375 g/mol. The lowest BCUT2D eigenvalue weighted by Crippen LogP contribution is -2.71. The van der Waals surface area contributed by atoms with Gasteiger partial charge in [-0.25, -0.2) is 4.79 Å². The highest BCUT2D eigenvalue weighted by Crippen LogP contribution is 2.40. The van der Waals surface area contributed by atoms with Crippen molar-refractivity contribution in [2.45, 2.75) is 18.3 Å². The summed E-state index contributed by atoms with van der Waals surface area (Å²) in [6.45, 7) is 1.69. The fourth-order valence-electron chi connectivity index (χ4n) is 2.90. The first-order valence-corrected chi connectivity index (χ1v) is 8.85. The lowest BCUT2D eigenvalue weighted by atomic mass is 10.0. The molecule has 26 heavy (non-hydrogen) atoms. The molecule has 0 bridgehead atoms. The Labute approximate surface area is 153 Å². The Morgan fingerprint density at radius 2 is 2.04 bits per heavy atom. The first-order chi connectivity index (χ1) is 12.5. The summed E-state index contributed by atoms with van der Waals surface area (Å²) >= 11 is 1.41. The Kier molecular flexibility index (Phi) is 4.99. The molecule has 136 valence electrons. The number of nitrogens with zero attached hydrogens (tertiary/aromatic N) is 2. The fourth-order valence-corrected chi connectivity index (χ4v) is 4.19. The number of carboxylic acids is 1. The van der Waals surface area contributed by atoms with Crippen LogP contribution in [0.3, 0.4) is 0 Å². The third-order valence-electron chi connectivity index (χ3n) is 4.09. The predicted octanol–water partition coefficient (Wildman–Crippen LogP) is 0.796. The number of thioether (sulfide) groups is 1. The molecule has 1 saturated heterocycles. The van der Waals surface area contributed by atoms with Gasteiger partial charge < -0.3 is 15.3 Å². The molecule has 1 aromatic rings. The zero-order valence-electron chi connectivity index (χ0n) is 14.1. The third-order valence-corrected chi connectivity index (χ3v) is 5.52. The summed E-state index contributed by atoms with van der Waals surface area (Å²) in [5.41, 5.74) is 1.22. The second kappa shape index (κ2) is 7.20. The Morgan fingerprint density at radius 3 is 2.65 bits per heavy atom. The molecule has 8 nitrogen and oxygen atoms in total. The molecule has 2 heterocycles. The molecule has 0 spiro atoms. The number of fused-ring (bicyclic) bond motifs is 1. The monoisotopic (exact) mass is 375 g/mol. The number of benzene rings is 1. The standard InChI is InChI=1S/C17H17N3O5S/c1-9-8-26-16-12(15(22)20(16)13(9)17(23)24)18-14(21)11(19-25-2)10-6-4-3-5-7-10/h3-7,12,16H,8H2,1-2H3,(H,18,21)(H,23,24)/t12-,16-/m1/s1. The summed E-state index contributed by atoms with van der Waals surface area (Å²) in [4.78, 5) is 42.4. The van der Waals surface area contributed by atoms with Crippen molar-refractivity contribution < 1.29 is 24.3 Å². The van der Waals surface area contributed by atoms with Crippen LogP contribution in [0.25, 0.3) is 0 Å². The Hall–Kier alpha value is -2.81. The van der Waals surface area contributed by atoms with Gasteiger partial charge in [-0.05, 0) is 12.5 Å². The van der Waals surface area contributed by atoms with E-state index >= 15 is 0 Å². The van der Waals surface area contributed by atoms with Crippen LogP contribution < -0.4 is 5.32 Å². The van der Waals surface area contributed by atoms with Crippen molar-refractivity contribution in [1.82, 2.24) is 10.2 Å². The second-order valence-electron chi connectivity index (χ2n) is 5.78. The molecule has 2 atom stereocenters. The Bertz CT molecular complexity index is 821. The van der Waals surface area contributed by atoms with Gasteiger partial charge in [-0.3, -0.25) is 14.5 Å². The van der Waals surface area contributed by atoms with Gasteiger partial charge in [-0.1, -0.05) is 35.5 Å². The van der Waals surface area contributed by atoms with Crippen molar-refractivity contribution >= 4 is 35.3 Å². The van der Waals surface area contributed by atoms with E-state index in [1.54, 1.807) is 37.3 Å². The van der Waals surface area contributed by atoms with E-state index in [1.807, 2.05) is 0 Å². The molecule has 2 N–H and O–H groups in total. The van der Waals surface area contributed by atoms with Gasteiger partial charge in [-0.15, -0.1) is 11.8 Å². The highest BCUT2D eigenvalue weighted by Gasteiger charge is 2.53. The van der Waals surface area contributed by atoms with Crippen molar-refractivity contribution in [3.05, 3.63) is 47.2 Å². The third kappa shape index (κ3) is 3.05. The van der Waals surface area contributed by atoms with Crippen molar-refractivity contribution in [3.63, 3.8) is 0 Å². The molecule has 2 aliphatic heterocycles. The number of β-lactam (4-membered cyclic amide) rings is 1. The summed E-state index contributed by atoms with van der Waals surface area (Å²) in [5.74, 6) is -1.66. The number of nitrogens with one attached hydrogen (secondary N) is 1. The minimum Gasteiger partial charge on any atom is -0.477 e. The molecular formula is C17H17N3O5S. The molecule has 9 heteroatoms. The van der Waals surface area contributed by atoms with Gasteiger partial charge in [0.1, 0.15) is 24.2 Å². The molecule has 0 saturated carbocycles. The number of hydrogen-bond donors (Lipinski definition) is 2. The molecule has 0 unspecified atom stereocenters. The molecule has 2 aliphatic rings. The van der Waals surface area contributed by atoms with Crippen molar-refractivity contribution in [3.8, 4) is 0 Å². The van der Waals surface area contributed by atoms with Crippen LogP contribution in [0.5, 0.6) is 0 Å². The zero-order chi connectivity index (χ0) is 18.8. The molecule has 0 radical (unpaired) electrons. The summed E-state index contributed by atoms with van der Waals surface area (Å²) in [6.07, 6.45) is 0. The number of hydrogen-bond acceptors (Lipinski definition) is 6. The lowest BCUT2D eigenvalue weighted by Gasteiger charge is -2.49. The number of carbonyl (C=O) groups is 3. The van der Waals surface area contributed by atoms with Crippen molar-refractivity contribution in [2.24, 2.45) is 5.16 Å². The molecule has 0 aromatic heterocycles. The SMILES string of the molecule is CON=C(C(=O)N[C@@H]1C(=O)N2C(C(=O)O)=C(C)CS[C@H]12)c1ccccc1. The Balaban J connectivity index is 1.78. The molecular weight excluding hydrogens is 358 g/mol. The number of aliphatic carboxylic acids is 1. The quantitative estimate of drug-likeness (QED) is 0.448. The van der Waals surface area contributed by atoms with E-state index in [-0.39, 0.29) is 11.4 Å². The van der Waals surface area contributed by atoms with Crippen LogP contribution in [0.4, 0.5) is 0 Å². The molecule has 1 fully saturated rings. The van der Waals surface area contributed by atoms with Gasteiger partial charge >= 0.3 is 5.97 Å². The van der Waals surface area contributed by atoms with Gasteiger partial charge in [0.15, 0.2) is 5.71 Å². The maximum Gasteiger partial charge on any atom is 0.352 e. The second-order valence-corrected chi connectivity index (χ2v) is 6.89. The molecule has 1 aromatic carbocycles. The van der Waals surface area contributed by atoms with Gasteiger partial charge in [-0.2, -0.15) is 0 Å². The van der Waals surface area contributed by atoms with E-state index in [4.69, 9.17) is 4.84 Å². The zero-order valence-corrected chi connectivity index (χ0v) is 14.9. The van der Waals surface area contributed by atoms with E-state index in [2.05, 4.69) is 10.5 Å². The highest BCUT2D eigenvalue weighted by atomic mass is 32.2. The number of rotatable bonds is 5. The number of amides is 2. The first-order valence-electron chi connectivity index (χ1n) is 7.81. The number of carboxylic acid groups (broad SMARTS) is 1. The lowest BCUT2D eigenvalue weighted by molar-refractivity contribution is -0.150. The van der Waals surface area contributed by atoms with Crippen LogP contribution >= 0.6 is 11.8 Å². The van der Waals surface area contributed by atoms with E-state index in [1.165, 1.54) is 23.8 Å². The summed E-state index contributed by atoms with van der Waals surface area (Å²) in [6, 6.07) is 7.93. The number of carbonyl (C=O) groups excluding carboxylic acids is 2. The van der Waals surface area contributed by atoms with Crippen LogP contribution in [0, 0.1) is 0 Å². The smallest absolute Gasteiger partial charge is 0.352 e. The van der Waals surface area contributed by atoms with Gasteiger partial charge in [0, 0.05) is 11.3 Å². The largest absolute Gasteiger partial charge is 0.477 e. The fraction of sp³-hybridized carbons (Fsp3) is 0.294. The normalized spacial score (nSPS) is 22.5. The summed E-state index contributed by atoms with van der Waals surface area (Å²) in [7, 11) is 1.33. The minimum absolute atomic E-state index is 0.00177. The van der Waals surface area contributed by atoms with E-state index < -0.39 is 29.2 Å². The van der Waals surface area contributed by atoms with E-state index in [0.717, 1.165) is 0 Å². The van der Waals surface area contributed by atoms with Crippen LogP contribution in [-0.2, 0) is 19.2 Å². The Morgan fingerprint density at radius 1 is 1.35 bits per heavy atom. The summed E-state index contributed by atoms with van der Waals surface area (Å²) < 4.78 is 0. The van der Waals surface area contributed by atoms with Gasteiger partial charge in [0.05, 0.1) is 0 Å². The topological polar surface area (TPSA) is 108 Å². The van der Waals surface area contributed by atoms with Crippen LogP contribution in [-0.4, -0.2) is 57.8 Å². The maximum absolute atomic E-state index is 12.6. The maximum atomic E-state index is 12.6. The minimum atomic E-state index is -1.14. The van der Waals surface area contributed by atoms with Crippen molar-refractivity contribution in [1.29, 1.82) is 0 Å². The van der Waals surface area contributed by atoms with Crippen molar-refractivity contribution in [2.75, 3.05) is 12.9 Å². The van der Waals surface area contributed by atoms with Crippen LogP contribution in [0.15, 0.2) is 46.8 Å². The highest BCUT2D eigenvalue weighted by molar-refractivity contribution is 8.00. The summed E-state index contributed by atoms with van der Waals surface area (Å²) in [5, 5.41) is 15.3. The number of oxime groups is 1. The van der Waals surface area contributed by atoms with E-state index in [0.29, 0.717) is 16.9 Å². The average Bonchev–Trinajstić information content (AvgIpc) is 2.64. The van der Waals surface area contributed by atoms with Crippen LogP contribution in [0.1, 0.15) is 12.5 Å². The predicted molar refractivity (Wildman–Crippen MR) is 95.3 cm³/mol. The first kappa shape index (κ1) is 18.0. The van der Waals surface area contributed by atoms with Gasteiger partial charge in [0.25, 0.3) is 11.8 Å². The van der Waals surface area contributed by atoms with Crippen LogP contribution in [0.2, 0.25) is 0 Å². The van der Waals surface area contributed by atoms with E-state index in [9.17, 15) is 19.5 Å².